The van der Waals surface area contributed by atoms with Crippen LogP contribution in [-0.4, -0.2) is 27.1 Å². The maximum Gasteiger partial charge on any atom is 0.504 e. The van der Waals surface area contributed by atoms with Crippen molar-refractivity contribution in [1.29, 1.82) is 0 Å². The normalized spacial score (nSPS) is 14.7. The highest BCUT2D eigenvalue weighted by atomic mass is 28.4. The van der Waals surface area contributed by atoms with Gasteiger partial charge in [0.15, 0.2) is 0 Å². The molecule has 0 aromatic rings. The van der Waals surface area contributed by atoms with E-state index in [9.17, 15) is 0 Å². The van der Waals surface area contributed by atoms with Crippen LogP contribution in [0.1, 0.15) is 74.7 Å². The minimum absolute atomic E-state index is 0.134. The molecule has 0 heterocycles. The van der Waals surface area contributed by atoms with Gasteiger partial charge in [-0.25, -0.2) is 0 Å². The summed E-state index contributed by atoms with van der Waals surface area (Å²) in [5, 5.41) is 0. The Labute approximate surface area is 121 Å². The first-order valence-electron chi connectivity index (χ1n) is 7.80. The fourth-order valence-corrected chi connectivity index (χ4v) is 6.19. The zero-order valence-corrected chi connectivity index (χ0v) is 15.2. The summed E-state index contributed by atoms with van der Waals surface area (Å²) in [5.41, 5.74) is 0.393. The molecule has 0 fully saturated rings. The Morgan fingerprint density at radius 2 is 1.11 bits per heavy atom. The van der Waals surface area contributed by atoms with Crippen molar-refractivity contribution in [1.82, 2.24) is 0 Å². The highest BCUT2D eigenvalue weighted by Crippen LogP contribution is 2.35. The van der Waals surface area contributed by atoms with E-state index in [1.807, 2.05) is 0 Å². The molecule has 0 radical (unpaired) electrons. The zero-order chi connectivity index (χ0) is 15.1. The Hall–Kier alpha value is 0.0969. The third-order valence-electron chi connectivity index (χ3n) is 2.83. The molecule has 4 heteroatoms. The summed E-state index contributed by atoms with van der Waals surface area (Å²) in [4.78, 5) is 0. The minimum Gasteiger partial charge on any atom is -0.371 e. The fourth-order valence-electron chi connectivity index (χ4n) is 2.34. The van der Waals surface area contributed by atoms with Gasteiger partial charge >= 0.3 is 8.80 Å². The van der Waals surface area contributed by atoms with E-state index in [-0.39, 0.29) is 18.3 Å². The van der Waals surface area contributed by atoms with Crippen LogP contribution in [0.5, 0.6) is 0 Å². The Kier molecular flexibility index (Phi) is 9.16. The standard InChI is InChI=1S/C15H34O3Si/c1-9-11-15(10-2)19(16-12(3)4,17-13(5)6)18-14(7)8/h12-15H,9-11H2,1-8H3. The molecular formula is C15H34O3Si. The smallest absolute Gasteiger partial charge is 0.371 e. The monoisotopic (exact) mass is 290 g/mol. The van der Waals surface area contributed by atoms with Gasteiger partial charge in [0.25, 0.3) is 0 Å². The summed E-state index contributed by atoms with van der Waals surface area (Å²) >= 11 is 0. The second-order valence-corrected chi connectivity index (χ2v) is 8.73. The highest BCUT2D eigenvalue weighted by Gasteiger charge is 2.50. The molecule has 0 saturated heterocycles. The third kappa shape index (κ3) is 6.89. The fraction of sp³-hybridized carbons (Fsp3) is 1.00. The number of hydrogen-bond donors (Lipinski definition) is 0. The molecule has 0 amide bonds. The van der Waals surface area contributed by atoms with Crippen molar-refractivity contribution in [3.63, 3.8) is 0 Å². The van der Waals surface area contributed by atoms with Crippen LogP contribution in [-0.2, 0) is 13.3 Å². The summed E-state index contributed by atoms with van der Waals surface area (Å²) in [5.74, 6) is 0. The molecule has 0 aromatic heterocycles. The minimum atomic E-state index is -2.64. The Balaban J connectivity index is 5.28. The van der Waals surface area contributed by atoms with Crippen LogP contribution in [0, 0.1) is 0 Å². The second-order valence-electron chi connectivity index (χ2n) is 6.00. The Bertz CT molecular complexity index is 203. The largest absolute Gasteiger partial charge is 0.504 e. The molecule has 0 aromatic carbocycles. The lowest BCUT2D eigenvalue weighted by Gasteiger charge is -2.39. The Morgan fingerprint density at radius 3 is 1.32 bits per heavy atom. The van der Waals surface area contributed by atoms with Crippen LogP contribution in [0.2, 0.25) is 5.54 Å². The quantitative estimate of drug-likeness (QED) is 0.542. The van der Waals surface area contributed by atoms with Crippen LogP contribution in [0.15, 0.2) is 0 Å². The molecule has 116 valence electrons. The number of rotatable bonds is 10. The maximum absolute atomic E-state index is 6.26. The molecule has 0 aliphatic rings. The van der Waals surface area contributed by atoms with Crippen molar-refractivity contribution in [3.8, 4) is 0 Å². The van der Waals surface area contributed by atoms with Gasteiger partial charge in [0.1, 0.15) is 0 Å². The van der Waals surface area contributed by atoms with Crippen molar-refractivity contribution in [2.75, 3.05) is 0 Å². The lowest BCUT2D eigenvalue weighted by molar-refractivity contribution is -0.00622. The van der Waals surface area contributed by atoms with Gasteiger partial charge in [-0.2, -0.15) is 0 Å². The molecular weight excluding hydrogens is 256 g/mol. The summed E-state index contributed by atoms with van der Waals surface area (Å²) in [6.45, 7) is 16.8. The second kappa shape index (κ2) is 9.11. The lowest BCUT2D eigenvalue weighted by atomic mass is 10.2. The Morgan fingerprint density at radius 1 is 0.737 bits per heavy atom. The van der Waals surface area contributed by atoms with E-state index in [1.54, 1.807) is 0 Å². The maximum atomic E-state index is 6.26. The van der Waals surface area contributed by atoms with Gasteiger partial charge in [0.05, 0.1) is 0 Å². The first-order valence-corrected chi connectivity index (χ1v) is 9.61. The predicted molar refractivity (Wildman–Crippen MR) is 83.4 cm³/mol. The molecule has 3 nitrogen and oxygen atoms in total. The van der Waals surface area contributed by atoms with Crippen LogP contribution in [0.4, 0.5) is 0 Å². The summed E-state index contributed by atoms with van der Waals surface area (Å²) in [7, 11) is -2.64. The first-order chi connectivity index (χ1) is 8.77. The van der Waals surface area contributed by atoms with Crippen LogP contribution in [0.25, 0.3) is 0 Å². The molecule has 0 N–H and O–H groups in total. The van der Waals surface area contributed by atoms with Gasteiger partial charge in [0, 0.05) is 23.9 Å². The van der Waals surface area contributed by atoms with Gasteiger partial charge < -0.3 is 13.3 Å². The average Bonchev–Trinajstić information content (AvgIpc) is 2.22. The van der Waals surface area contributed by atoms with E-state index in [1.165, 1.54) is 0 Å². The molecule has 0 saturated carbocycles. The van der Waals surface area contributed by atoms with Crippen molar-refractivity contribution in [3.05, 3.63) is 0 Å². The molecule has 1 atom stereocenters. The van der Waals surface area contributed by atoms with Gasteiger partial charge in [-0.15, -0.1) is 0 Å². The highest BCUT2D eigenvalue weighted by molar-refractivity contribution is 6.62. The van der Waals surface area contributed by atoms with Crippen LogP contribution < -0.4 is 0 Å². The van der Waals surface area contributed by atoms with E-state index >= 15 is 0 Å². The van der Waals surface area contributed by atoms with E-state index < -0.39 is 8.80 Å². The van der Waals surface area contributed by atoms with E-state index in [0.29, 0.717) is 5.54 Å². The van der Waals surface area contributed by atoms with Crippen molar-refractivity contribution < 1.29 is 13.3 Å². The molecule has 0 aliphatic heterocycles. The van der Waals surface area contributed by atoms with Gasteiger partial charge in [-0.05, 0) is 54.4 Å². The molecule has 0 rings (SSSR count). The van der Waals surface area contributed by atoms with E-state index in [4.69, 9.17) is 13.3 Å². The van der Waals surface area contributed by atoms with Crippen molar-refractivity contribution in [2.45, 2.75) is 98.5 Å². The SMILES string of the molecule is CCCC(CC)[Si](OC(C)C)(OC(C)C)OC(C)C. The first kappa shape index (κ1) is 19.1. The van der Waals surface area contributed by atoms with E-state index in [0.717, 1.165) is 19.3 Å². The predicted octanol–water partition coefficient (Wildman–Crippen LogP) is 4.78. The van der Waals surface area contributed by atoms with Gasteiger partial charge in [-0.3, -0.25) is 0 Å². The van der Waals surface area contributed by atoms with Crippen molar-refractivity contribution in [2.24, 2.45) is 0 Å². The van der Waals surface area contributed by atoms with Crippen molar-refractivity contribution >= 4 is 8.80 Å². The molecule has 1 unspecified atom stereocenters. The summed E-state index contributed by atoms with van der Waals surface area (Å²) in [6.07, 6.45) is 3.69. The summed E-state index contributed by atoms with van der Waals surface area (Å²) in [6, 6.07) is 0. The molecule has 0 spiro atoms. The third-order valence-corrected chi connectivity index (χ3v) is 6.93. The number of hydrogen-bond acceptors (Lipinski definition) is 3. The molecule has 19 heavy (non-hydrogen) atoms. The van der Waals surface area contributed by atoms with Crippen LogP contribution in [0.3, 0.4) is 0 Å². The lowest BCUT2D eigenvalue weighted by Crippen LogP contribution is -2.54. The van der Waals surface area contributed by atoms with Gasteiger partial charge in [-0.1, -0.05) is 20.3 Å². The zero-order valence-electron chi connectivity index (χ0n) is 14.2. The molecule has 0 bridgehead atoms. The topological polar surface area (TPSA) is 27.7 Å². The van der Waals surface area contributed by atoms with Gasteiger partial charge in [0.2, 0.25) is 0 Å². The molecule has 0 aliphatic carbocycles. The van der Waals surface area contributed by atoms with Crippen LogP contribution >= 0.6 is 0 Å². The average molecular weight is 291 g/mol. The summed E-state index contributed by atoms with van der Waals surface area (Å²) < 4.78 is 18.8. The van der Waals surface area contributed by atoms with E-state index in [2.05, 4.69) is 55.4 Å².